The lowest BCUT2D eigenvalue weighted by atomic mass is 9.69. The number of likely N-dealkylation sites (tertiary alicyclic amines) is 1. The number of amides is 2. The number of carbonyl (C=O) groups excluding carboxylic acids is 2. The summed E-state index contributed by atoms with van der Waals surface area (Å²) in [7, 11) is 1.45. The van der Waals surface area contributed by atoms with Crippen LogP contribution in [0.1, 0.15) is 54.1 Å². The van der Waals surface area contributed by atoms with Crippen molar-refractivity contribution in [2.75, 3.05) is 32.0 Å². The van der Waals surface area contributed by atoms with E-state index in [1.807, 2.05) is 24.3 Å². The van der Waals surface area contributed by atoms with Crippen LogP contribution in [0.5, 0.6) is 0 Å². The summed E-state index contributed by atoms with van der Waals surface area (Å²) in [6.45, 7) is 5.81. The van der Waals surface area contributed by atoms with Crippen molar-refractivity contribution in [2.24, 2.45) is 0 Å². The molecule has 0 spiro atoms. The van der Waals surface area contributed by atoms with E-state index in [2.05, 4.69) is 35.5 Å². The van der Waals surface area contributed by atoms with Gasteiger partial charge in [-0.1, -0.05) is 49.7 Å². The van der Waals surface area contributed by atoms with Crippen molar-refractivity contribution in [3.63, 3.8) is 0 Å². The Kier molecular flexibility index (Phi) is 7.72. The Hall–Kier alpha value is -2.95. The zero-order valence-corrected chi connectivity index (χ0v) is 19.8. The molecule has 1 aliphatic heterocycles. The van der Waals surface area contributed by atoms with Gasteiger partial charge < -0.3 is 15.5 Å². The summed E-state index contributed by atoms with van der Waals surface area (Å²) in [5, 5.41) is 13.9. The van der Waals surface area contributed by atoms with Crippen molar-refractivity contribution in [1.82, 2.24) is 10.2 Å². The SMILES string of the molecule is CNC(=O)c1cc(Cl)c(F)cc1NC(=O)C1(c2ccccc2C(C)C)CN(CCCC#N)C1. The van der Waals surface area contributed by atoms with Crippen LogP contribution in [0.2, 0.25) is 5.02 Å². The molecule has 0 bridgehead atoms. The predicted octanol–water partition coefficient (Wildman–Crippen LogP) is 4.46. The third kappa shape index (κ3) is 5.02. The number of unbranched alkanes of at least 4 members (excludes halogenated alkanes) is 1. The van der Waals surface area contributed by atoms with Crippen LogP contribution in [0.25, 0.3) is 0 Å². The molecular weight excluding hydrogens is 443 g/mol. The molecule has 2 aromatic carbocycles. The standard InChI is InChI=1S/C25H28ClFN4O2/c1-16(2)17-8-4-5-9-19(17)25(14-31(15-25)11-7-6-10-28)24(33)30-22-13-21(27)20(26)12-18(22)23(32)29-3/h4-5,8-9,12-13,16H,6-7,11,14-15H2,1-3H3,(H,29,32)(H,30,33). The van der Waals surface area contributed by atoms with Gasteiger partial charge in [0.25, 0.3) is 5.91 Å². The molecule has 1 aliphatic rings. The molecule has 6 nitrogen and oxygen atoms in total. The molecule has 2 N–H and O–H groups in total. The maximum Gasteiger partial charge on any atom is 0.253 e. The number of rotatable bonds is 8. The van der Waals surface area contributed by atoms with Gasteiger partial charge in [0.2, 0.25) is 5.91 Å². The Bertz CT molecular complexity index is 1090. The number of carbonyl (C=O) groups is 2. The fraction of sp³-hybridized carbons (Fsp3) is 0.400. The van der Waals surface area contributed by atoms with Gasteiger partial charge in [-0.25, -0.2) is 4.39 Å². The summed E-state index contributed by atoms with van der Waals surface area (Å²) >= 11 is 5.89. The second-order valence-electron chi connectivity index (χ2n) is 8.64. The number of anilines is 1. The van der Waals surface area contributed by atoms with E-state index in [1.165, 1.54) is 13.1 Å². The zero-order valence-electron chi connectivity index (χ0n) is 19.0. The van der Waals surface area contributed by atoms with Crippen LogP contribution in [-0.2, 0) is 10.2 Å². The fourth-order valence-electron chi connectivity index (χ4n) is 4.34. The van der Waals surface area contributed by atoms with Crippen molar-refractivity contribution < 1.29 is 14.0 Å². The molecular formula is C25H28ClFN4O2. The molecule has 33 heavy (non-hydrogen) atoms. The Balaban J connectivity index is 1.99. The number of hydrogen-bond acceptors (Lipinski definition) is 4. The largest absolute Gasteiger partial charge is 0.355 e. The highest BCUT2D eigenvalue weighted by Crippen LogP contribution is 2.40. The summed E-state index contributed by atoms with van der Waals surface area (Å²) in [5.74, 6) is -1.30. The molecule has 0 atom stereocenters. The van der Waals surface area contributed by atoms with Crippen LogP contribution in [0.3, 0.4) is 0 Å². The lowest BCUT2D eigenvalue weighted by Crippen LogP contribution is -2.65. The van der Waals surface area contributed by atoms with Crippen molar-refractivity contribution in [3.05, 3.63) is 63.9 Å². The van der Waals surface area contributed by atoms with Crippen LogP contribution in [0.15, 0.2) is 36.4 Å². The van der Waals surface area contributed by atoms with Crippen LogP contribution in [0.4, 0.5) is 10.1 Å². The molecule has 1 fully saturated rings. The van der Waals surface area contributed by atoms with Gasteiger partial charge in [-0.15, -0.1) is 0 Å². The minimum Gasteiger partial charge on any atom is -0.355 e. The molecule has 1 heterocycles. The van der Waals surface area contributed by atoms with Crippen molar-refractivity contribution in [2.45, 2.75) is 38.0 Å². The number of hydrogen-bond donors (Lipinski definition) is 2. The number of nitrogens with one attached hydrogen (secondary N) is 2. The first kappa shape index (κ1) is 24.7. The van der Waals surface area contributed by atoms with Crippen molar-refractivity contribution >= 4 is 29.1 Å². The monoisotopic (exact) mass is 470 g/mol. The molecule has 0 unspecified atom stereocenters. The molecule has 8 heteroatoms. The first-order valence-corrected chi connectivity index (χ1v) is 11.3. The molecule has 0 aliphatic carbocycles. The van der Waals surface area contributed by atoms with Gasteiger partial charge in [0, 0.05) is 26.6 Å². The topological polar surface area (TPSA) is 85.2 Å². The summed E-state index contributed by atoms with van der Waals surface area (Å²) in [5.41, 5.74) is 1.30. The van der Waals surface area contributed by atoms with E-state index in [0.29, 0.717) is 26.1 Å². The second kappa shape index (κ2) is 10.3. The van der Waals surface area contributed by atoms with E-state index in [0.717, 1.165) is 23.6 Å². The number of benzene rings is 2. The number of nitriles is 1. The van der Waals surface area contributed by atoms with Crippen molar-refractivity contribution in [3.8, 4) is 6.07 Å². The van der Waals surface area contributed by atoms with Crippen molar-refractivity contribution in [1.29, 1.82) is 5.26 Å². The summed E-state index contributed by atoms with van der Waals surface area (Å²) < 4.78 is 14.2. The molecule has 2 amide bonds. The minimum absolute atomic E-state index is 0.0746. The van der Waals surface area contributed by atoms with E-state index in [1.54, 1.807) is 0 Å². The molecule has 174 valence electrons. The van der Waals surface area contributed by atoms with Crippen LogP contribution in [0, 0.1) is 17.1 Å². The number of halogens is 2. The normalized spacial score (nSPS) is 14.9. The first-order chi connectivity index (χ1) is 15.7. The lowest BCUT2D eigenvalue weighted by Gasteiger charge is -2.50. The van der Waals surface area contributed by atoms with Crippen LogP contribution < -0.4 is 10.6 Å². The van der Waals surface area contributed by atoms with Gasteiger partial charge in [-0.05, 0) is 42.1 Å². The van der Waals surface area contributed by atoms with E-state index >= 15 is 0 Å². The van der Waals surface area contributed by atoms with Crippen LogP contribution in [-0.4, -0.2) is 43.4 Å². The molecule has 0 radical (unpaired) electrons. The maximum atomic E-state index is 14.2. The van der Waals surface area contributed by atoms with Crippen LogP contribution >= 0.6 is 11.6 Å². The number of nitrogens with zero attached hydrogens (tertiary/aromatic N) is 2. The summed E-state index contributed by atoms with van der Waals surface area (Å²) in [4.78, 5) is 28.2. The average Bonchev–Trinajstić information content (AvgIpc) is 2.77. The van der Waals surface area contributed by atoms with Gasteiger partial charge in [0.1, 0.15) is 5.82 Å². The third-order valence-corrected chi connectivity index (χ3v) is 6.35. The molecule has 1 saturated heterocycles. The molecule has 0 saturated carbocycles. The minimum atomic E-state index is -0.858. The van der Waals surface area contributed by atoms with E-state index in [9.17, 15) is 14.0 Å². The highest BCUT2D eigenvalue weighted by Gasteiger charge is 2.51. The highest BCUT2D eigenvalue weighted by atomic mass is 35.5. The summed E-state index contributed by atoms with van der Waals surface area (Å²) in [6, 6.07) is 12.3. The van der Waals surface area contributed by atoms with E-state index in [-0.39, 0.29) is 28.1 Å². The Labute approximate surface area is 198 Å². The van der Waals surface area contributed by atoms with Gasteiger partial charge >= 0.3 is 0 Å². The molecule has 2 aromatic rings. The second-order valence-corrected chi connectivity index (χ2v) is 9.05. The smallest absolute Gasteiger partial charge is 0.253 e. The molecule has 3 rings (SSSR count). The average molecular weight is 471 g/mol. The fourth-order valence-corrected chi connectivity index (χ4v) is 4.51. The van der Waals surface area contributed by atoms with E-state index in [4.69, 9.17) is 16.9 Å². The van der Waals surface area contributed by atoms with Gasteiger partial charge in [0.15, 0.2) is 0 Å². The first-order valence-electron chi connectivity index (χ1n) is 10.9. The van der Waals surface area contributed by atoms with Gasteiger partial charge in [-0.2, -0.15) is 5.26 Å². The van der Waals surface area contributed by atoms with Gasteiger partial charge in [0.05, 0.1) is 27.8 Å². The Morgan fingerprint density at radius 1 is 1.27 bits per heavy atom. The molecule has 0 aromatic heterocycles. The summed E-state index contributed by atoms with van der Waals surface area (Å²) in [6.07, 6.45) is 1.18. The zero-order chi connectivity index (χ0) is 24.2. The Morgan fingerprint density at radius 2 is 1.97 bits per heavy atom. The maximum absolute atomic E-state index is 14.2. The van der Waals surface area contributed by atoms with Gasteiger partial charge in [-0.3, -0.25) is 9.59 Å². The predicted molar refractivity (Wildman–Crippen MR) is 127 cm³/mol. The Morgan fingerprint density at radius 3 is 2.61 bits per heavy atom. The van der Waals surface area contributed by atoms with E-state index < -0.39 is 17.1 Å². The highest BCUT2D eigenvalue weighted by molar-refractivity contribution is 6.31. The lowest BCUT2D eigenvalue weighted by molar-refractivity contribution is -0.128. The third-order valence-electron chi connectivity index (χ3n) is 6.06. The quantitative estimate of drug-likeness (QED) is 0.558.